The number of hydrogen-bond acceptors (Lipinski definition) is 4. The van der Waals surface area contributed by atoms with Crippen LogP contribution in [0.1, 0.15) is 11.1 Å². The molecule has 0 saturated carbocycles. The molecule has 2 aromatic rings. The third-order valence-corrected chi connectivity index (χ3v) is 4.93. The number of ether oxygens (including phenoxy) is 1. The molecule has 2 N–H and O–H groups in total. The Morgan fingerprint density at radius 2 is 1.65 bits per heavy atom. The monoisotopic (exact) mass is 334 g/mol. The SMILES string of the molecule is COCCNc1ccc(NS(=O)(=O)c2ccc(C)cc2C)cc1. The Balaban J connectivity index is 2.11. The van der Waals surface area contributed by atoms with Crippen LogP contribution in [0, 0.1) is 13.8 Å². The molecule has 2 rings (SSSR count). The molecule has 0 heterocycles. The zero-order chi connectivity index (χ0) is 16.9. The molecule has 0 unspecified atom stereocenters. The topological polar surface area (TPSA) is 67.4 Å². The molecule has 0 aliphatic heterocycles. The van der Waals surface area contributed by atoms with Gasteiger partial charge in [-0.3, -0.25) is 4.72 Å². The van der Waals surface area contributed by atoms with Gasteiger partial charge >= 0.3 is 0 Å². The Morgan fingerprint density at radius 3 is 2.26 bits per heavy atom. The van der Waals surface area contributed by atoms with Crippen molar-refractivity contribution in [3.63, 3.8) is 0 Å². The summed E-state index contributed by atoms with van der Waals surface area (Å²) >= 11 is 0. The van der Waals surface area contributed by atoms with E-state index in [4.69, 9.17) is 4.74 Å². The van der Waals surface area contributed by atoms with Gasteiger partial charge in [0.05, 0.1) is 11.5 Å². The van der Waals surface area contributed by atoms with Gasteiger partial charge < -0.3 is 10.1 Å². The van der Waals surface area contributed by atoms with Gasteiger partial charge in [0.1, 0.15) is 0 Å². The Labute approximate surface area is 137 Å². The van der Waals surface area contributed by atoms with Gasteiger partial charge in [-0.1, -0.05) is 17.7 Å². The lowest BCUT2D eigenvalue weighted by molar-refractivity contribution is 0.211. The molecule has 6 heteroatoms. The third-order valence-electron chi connectivity index (χ3n) is 3.39. The van der Waals surface area contributed by atoms with Crippen molar-refractivity contribution in [2.75, 3.05) is 30.3 Å². The molecule has 0 aliphatic carbocycles. The number of aryl methyl sites for hydroxylation is 2. The summed E-state index contributed by atoms with van der Waals surface area (Å²) in [5, 5.41) is 3.18. The van der Waals surface area contributed by atoms with Crippen molar-refractivity contribution in [2.24, 2.45) is 0 Å². The number of benzene rings is 2. The lowest BCUT2D eigenvalue weighted by atomic mass is 10.2. The van der Waals surface area contributed by atoms with Gasteiger partial charge in [-0.2, -0.15) is 0 Å². The lowest BCUT2D eigenvalue weighted by Gasteiger charge is -2.12. The van der Waals surface area contributed by atoms with Crippen LogP contribution in [0.15, 0.2) is 47.4 Å². The Hall–Kier alpha value is -2.05. The van der Waals surface area contributed by atoms with Crippen LogP contribution in [0.2, 0.25) is 0 Å². The molecule has 0 saturated heterocycles. The van der Waals surface area contributed by atoms with Gasteiger partial charge in [0.2, 0.25) is 0 Å². The number of nitrogens with one attached hydrogen (secondary N) is 2. The van der Waals surface area contributed by atoms with Gasteiger partial charge in [0.25, 0.3) is 10.0 Å². The maximum absolute atomic E-state index is 12.5. The predicted octanol–water partition coefficient (Wildman–Crippen LogP) is 3.16. The summed E-state index contributed by atoms with van der Waals surface area (Å²) in [6, 6.07) is 12.4. The fraction of sp³-hybridized carbons (Fsp3) is 0.294. The van der Waals surface area contributed by atoms with E-state index in [1.165, 1.54) is 0 Å². The lowest BCUT2D eigenvalue weighted by Crippen LogP contribution is -2.14. The van der Waals surface area contributed by atoms with Crippen LogP contribution >= 0.6 is 0 Å². The summed E-state index contributed by atoms with van der Waals surface area (Å²) < 4.78 is 32.5. The van der Waals surface area contributed by atoms with E-state index in [1.54, 1.807) is 38.3 Å². The predicted molar refractivity (Wildman–Crippen MR) is 93.5 cm³/mol. The number of hydrogen-bond donors (Lipinski definition) is 2. The van der Waals surface area contributed by atoms with Crippen LogP contribution in [0.4, 0.5) is 11.4 Å². The van der Waals surface area contributed by atoms with Crippen molar-refractivity contribution < 1.29 is 13.2 Å². The van der Waals surface area contributed by atoms with Crippen LogP contribution < -0.4 is 10.0 Å². The largest absolute Gasteiger partial charge is 0.383 e. The summed E-state index contributed by atoms with van der Waals surface area (Å²) in [5.41, 5.74) is 3.21. The summed E-state index contributed by atoms with van der Waals surface area (Å²) in [5.74, 6) is 0. The quantitative estimate of drug-likeness (QED) is 0.763. The zero-order valence-electron chi connectivity index (χ0n) is 13.6. The van der Waals surface area contributed by atoms with Crippen molar-refractivity contribution in [2.45, 2.75) is 18.7 Å². The van der Waals surface area contributed by atoms with Gasteiger partial charge in [-0.25, -0.2) is 8.42 Å². The minimum Gasteiger partial charge on any atom is -0.383 e. The smallest absolute Gasteiger partial charge is 0.262 e. The van der Waals surface area contributed by atoms with Crippen molar-refractivity contribution in [1.29, 1.82) is 0 Å². The molecule has 0 amide bonds. The van der Waals surface area contributed by atoms with Crippen molar-refractivity contribution >= 4 is 21.4 Å². The molecule has 0 bridgehead atoms. The first-order valence-corrected chi connectivity index (χ1v) is 8.83. The van der Waals surface area contributed by atoms with Crippen LogP contribution in [-0.2, 0) is 14.8 Å². The highest BCUT2D eigenvalue weighted by Crippen LogP contribution is 2.21. The highest BCUT2D eigenvalue weighted by atomic mass is 32.2. The molecule has 0 fully saturated rings. The summed E-state index contributed by atoms with van der Waals surface area (Å²) in [4.78, 5) is 0.297. The van der Waals surface area contributed by atoms with Gasteiger partial charge in [-0.15, -0.1) is 0 Å². The Kier molecular flexibility index (Phi) is 5.63. The molecule has 0 atom stereocenters. The van der Waals surface area contributed by atoms with E-state index >= 15 is 0 Å². The van der Waals surface area contributed by atoms with Crippen LogP contribution in [0.5, 0.6) is 0 Å². The average molecular weight is 334 g/mol. The van der Waals surface area contributed by atoms with E-state index in [9.17, 15) is 8.42 Å². The van der Waals surface area contributed by atoms with Crippen molar-refractivity contribution in [3.05, 3.63) is 53.6 Å². The van der Waals surface area contributed by atoms with Crippen molar-refractivity contribution in [3.8, 4) is 0 Å². The zero-order valence-corrected chi connectivity index (χ0v) is 14.4. The number of rotatable bonds is 7. The number of sulfonamides is 1. The summed E-state index contributed by atoms with van der Waals surface area (Å²) in [6.07, 6.45) is 0. The second kappa shape index (κ2) is 7.48. The molecular formula is C17H22N2O3S. The minimum absolute atomic E-state index is 0.297. The number of methoxy groups -OCH3 is 1. The second-order valence-corrected chi connectivity index (χ2v) is 7.02. The molecule has 5 nitrogen and oxygen atoms in total. The first-order valence-electron chi connectivity index (χ1n) is 7.35. The molecule has 2 aromatic carbocycles. The van der Waals surface area contributed by atoms with E-state index in [0.717, 1.165) is 16.8 Å². The first-order chi connectivity index (χ1) is 10.9. The highest BCUT2D eigenvalue weighted by molar-refractivity contribution is 7.92. The van der Waals surface area contributed by atoms with E-state index in [1.807, 2.05) is 25.1 Å². The molecule has 0 aromatic heterocycles. The second-order valence-electron chi connectivity index (χ2n) is 5.37. The molecule has 23 heavy (non-hydrogen) atoms. The van der Waals surface area contributed by atoms with E-state index in [2.05, 4.69) is 10.0 Å². The molecule has 0 radical (unpaired) electrons. The fourth-order valence-corrected chi connectivity index (χ4v) is 3.55. The van der Waals surface area contributed by atoms with Crippen LogP contribution in [-0.4, -0.2) is 28.7 Å². The standard InChI is InChI=1S/C17H22N2O3S/c1-13-4-9-17(14(2)12-13)23(20,21)19-16-7-5-15(6-8-16)18-10-11-22-3/h4-9,12,18-19H,10-11H2,1-3H3. The van der Waals surface area contributed by atoms with Crippen LogP contribution in [0.3, 0.4) is 0 Å². The minimum atomic E-state index is -3.58. The molecular weight excluding hydrogens is 312 g/mol. The number of anilines is 2. The Bertz CT molecular complexity index is 756. The molecule has 0 aliphatic rings. The van der Waals surface area contributed by atoms with Gasteiger partial charge in [-0.05, 0) is 49.7 Å². The van der Waals surface area contributed by atoms with E-state index in [-0.39, 0.29) is 0 Å². The Morgan fingerprint density at radius 1 is 1.00 bits per heavy atom. The maximum atomic E-state index is 12.5. The van der Waals surface area contributed by atoms with Crippen LogP contribution in [0.25, 0.3) is 0 Å². The molecule has 124 valence electrons. The van der Waals surface area contributed by atoms with Gasteiger partial charge in [0.15, 0.2) is 0 Å². The van der Waals surface area contributed by atoms with Crippen molar-refractivity contribution in [1.82, 2.24) is 0 Å². The highest BCUT2D eigenvalue weighted by Gasteiger charge is 2.16. The fourth-order valence-electron chi connectivity index (χ4n) is 2.26. The van der Waals surface area contributed by atoms with E-state index < -0.39 is 10.0 Å². The third kappa shape index (κ3) is 4.71. The first kappa shape index (κ1) is 17.3. The van der Waals surface area contributed by atoms with Gasteiger partial charge in [0, 0.05) is 25.0 Å². The molecule has 0 spiro atoms. The average Bonchev–Trinajstić information content (AvgIpc) is 2.48. The van der Waals surface area contributed by atoms with E-state index in [0.29, 0.717) is 23.7 Å². The maximum Gasteiger partial charge on any atom is 0.262 e. The summed E-state index contributed by atoms with van der Waals surface area (Å²) in [6.45, 7) is 5.04. The summed E-state index contributed by atoms with van der Waals surface area (Å²) in [7, 11) is -1.94. The normalized spacial score (nSPS) is 11.3.